The summed E-state index contributed by atoms with van der Waals surface area (Å²) in [6, 6.07) is 5.94. The second-order valence-corrected chi connectivity index (χ2v) is 4.01. The van der Waals surface area contributed by atoms with Crippen LogP contribution in [0.4, 0.5) is 4.39 Å². The molecule has 0 radical (unpaired) electrons. The van der Waals surface area contributed by atoms with Crippen LogP contribution in [0, 0.1) is 5.82 Å². The Morgan fingerprint density at radius 1 is 1.47 bits per heavy atom. The van der Waals surface area contributed by atoms with E-state index in [-0.39, 0.29) is 18.3 Å². The van der Waals surface area contributed by atoms with Gasteiger partial charge in [-0.1, -0.05) is 13.0 Å². The maximum Gasteiger partial charge on any atom is 0.220 e. The molecule has 1 aromatic carbocycles. The molecule has 0 fully saturated rings. The van der Waals surface area contributed by atoms with Gasteiger partial charge in [-0.25, -0.2) is 4.39 Å². The van der Waals surface area contributed by atoms with E-state index in [0.29, 0.717) is 17.9 Å². The van der Waals surface area contributed by atoms with E-state index in [1.165, 1.54) is 16.8 Å². The minimum absolute atomic E-state index is 0.0590. The summed E-state index contributed by atoms with van der Waals surface area (Å²) < 4.78 is 14.6. The van der Waals surface area contributed by atoms with Gasteiger partial charge in [0.05, 0.1) is 12.2 Å². The van der Waals surface area contributed by atoms with Crippen LogP contribution in [0.3, 0.4) is 0 Å². The van der Waals surface area contributed by atoms with Gasteiger partial charge in [0.25, 0.3) is 0 Å². The number of nitrogens with zero attached hydrogens (tertiary/aromatic N) is 4. The SMILES string of the molecule is CCCC(=O)NCc1nnnn1-c1cccc(F)c1. The summed E-state index contributed by atoms with van der Waals surface area (Å²) in [6.07, 6.45) is 1.24. The van der Waals surface area contributed by atoms with E-state index in [9.17, 15) is 9.18 Å². The van der Waals surface area contributed by atoms with Gasteiger partial charge in [0.2, 0.25) is 5.91 Å². The fourth-order valence-corrected chi connectivity index (χ4v) is 1.62. The minimum atomic E-state index is -0.367. The molecule has 1 aromatic heterocycles. The fourth-order valence-electron chi connectivity index (χ4n) is 1.62. The van der Waals surface area contributed by atoms with Crippen molar-refractivity contribution in [1.82, 2.24) is 25.5 Å². The molecule has 0 unspecified atom stereocenters. The molecule has 0 saturated heterocycles. The third-order valence-electron chi connectivity index (χ3n) is 2.51. The number of hydrogen-bond acceptors (Lipinski definition) is 4. The summed E-state index contributed by atoms with van der Waals surface area (Å²) in [5.41, 5.74) is 0.518. The molecule has 7 heteroatoms. The molecule has 0 aliphatic heterocycles. The van der Waals surface area contributed by atoms with Gasteiger partial charge in [0.15, 0.2) is 5.82 Å². The van der Waals surface area contributed by atoms with Crippen LogP contribution in [0.25, 0.3) is 5.69 Å². The van der Waals surface area contributed by atoms with Crippen LogP contribution >= 0.6 is 0 Å². The van der Waals surface area contributed by atoms with Crippen molar-refractivity contribution in [2.24, 2.45) is 0 Å². The van der Waals surface area contributed by atoms with Crippen molar-refractivity contribution in [3.8, 4) is 5.69 Å². The quantitative estimate of drug-likeness (QED) is 0.880. The van der Waals surface area contributed by atoms with Crippen LogP contribution in [-0.4, -0.2) is 26.1 Å². The number of amides is 1. The largest absolute Gasteiger partial charge is 0.349 e. The molecule has 100 valence electrons. The first-order chi connectivity index (χ1) is 9.20. The third kappa shape index (κ3) is 3.34. The number of carbonyl (C=O) groups is 1. The molecule has 0 spiro atoms. The number of carbonyl (C=O) groups excluding carboxylic acids is 1. The maximum atomic E-state index is 13.2. The molecule has 2 rings (SSSR count). The first-order valence-corrected chi connectivity index (χ1v) is 6.00. The molecule has 6 nitrogen and oxygen atoms in total. The molecule has 1 amide bonds. The van der Waals surface area contributed by atoms with E-state index in [1.807, 2.05) is 6.92 Å². The van der Waals surface area contributed by atoms with E-state index in [0.717, 1.165) is 6.42 Å². The predicted molar refractivity (Wildman–Crippen MR) is 65.9 cm³/mol. The number of benzene rings is 1. The van der Waals surface area contributed by atoms with Crippen molar-refractivity contribution in [2.75, 3.05) is 0 Å². The van der Waals surface area contributed by atoms with E-state index in [4.69, 9.17) is 0 Å². The Morgan fingerprint density at radius 2 is 2.32 bits per heavy atom. The zero-order valence-electron chi connectivity index (χ0n) is 10.5. The number of halogens is 1. The predicted octanol–water partition coefficient (Wildman–Crippen LogP) is 1.22. The first kappa shape index (κ1) is 13.1. The fraction of sp³-hybridized carbons (Fsp3) is 0.333. The van der Waals surface area contributed by atoms with Crippen LogP contribution in [0.1, 0.15) is 25.6 Å². The Kier molecular flexibility index (Phi) is 4.17. The molecule has 0 saturated carbocycles. The van der Waals surface area contributed by atoms with Crippen molar-refractivity contribution in [2.45, 2.75) is 26.3 Å². The lowest BCUT2D eigenvalue weighted by atomic mass is 10.3. The lowest BCUT2D eigenvalue weighted by Crippen LogP contribution is -2.24. The zero-order valence-corrected chi connectivity index (χ0v) is 10.5. The molecular formula is C12H14FN5O. The Bertz CT molecular complexity index is 569. The van der Waals surface area contributed by atoms with Gasteiger partial charge in [-0.15, -0.1) is 5.10 Å². The Balaban J connectivity index is 2.12. The van der Waals surface area contributed by atoms with Gasteiger partial charge >= 0.3 is 0 Å². The van der Waals surface area contributed by atoms with Crippen LogP contribution in [0.2, 0.25) is 0 Å². The minimum Gasteiger partial charge on any atom is -0.349 e. The van der Waals surface area contributed by atoms with Crippen molar-refractivity contribution < 1.29 is 9.18 Å². The summed E-state index contributed by atoms with van der Waals surface area (Å²) in [5, 5.41) is 13.9. The smallest absolute Gasteiger partial charge is 0.220 e. The lowest BCUT2D eigenvalue weighted by Gasteiger charge is -2.05. The van der Waals surface area contributed by atoms with Gasteiger partial charge in [-0.3, -0.25) is 4.79 Å². The average molecular weight is 263 g/mol. The monoisotopic (exact) mass is 263 g/mol. The van der Waals surface area contributed by atoms with Crippen molar-refractivity contribution >= 4 is 5.91 Å². The van der Waals surface area contributed by atoms with Crippen LogP contribution in [-0.2, 0) is 11.3 Å². The van der Waals surface area contributed by atoms with E-state index >= 15 is 0 Å². The highest BCUT2D eigenvalue weighted by Crippen LogP contribution is 2.09. The van der Waals surface area contributed by atoms with Gasteiger partial charge < -0.3 is 5.32 Å². The van der Waals surface area contributed by atoms with Crippen LogP contribution in [0.15, 0.2) is 24.3 Å². The van der Waals surface area contributed by atoms with Gasteiger partial charge in [0, 0.05) is 6.42 Å². The standard InChI is InChI=1S/C12H14FN5O/c1-2-4-12(19)14-8-11-15-16-17-18(11)10-6-3-5-9(13)7-10/h3,5-7H,2,4,8H2,1H3,(H,14,19). The zero-order chi connectivity index (χ0) is 13.7. The second-order valence-electron chi connectivity index (χ2n) is 4.01. The molecule has 0 aliphatic carbocycles. The summed E-state index contributed by atoms with van der Waals surface area (Å²) >= 11 is 0. The highest BCUT2D eigenvalue weighted by Gasteiger charge is 2.09. The van der Waals surface area contributed by atoms with E-state index < -0.39 is 0 Å². The molecule has 0 aliphatic rings. The van der Waals surface area contributed by atoms with Crippen molar-refractivity contribution in [3.05, 3.63) is 35.9 Å². The van der Waals surface area contributed by atoms with Gasteiger partial charge in [-0.2, -0.15) is 4.68 Å². The number of aromatic nitrogens is 4. The summed E-state index contributed by atoms with van der Waals surface area (Å²) in [6.45, 7) is 2.14. The molecule has 0 atom stereocenters. The normalized spacial score (nSPS) is 10.4. The first-order valence-electron chi connectivity index (χ1n) is 6.00. The lowest BCUT2D eigenvalue weighted by molar-refractivity contribution is -0.121. The molecule has 19 heavy (non-hydrogen) atoms. The van der Waals surface area contributed by atoms with E-state index in [2.05, 4.69) is 20.8 Å². The average Bonchev–Trinajstić information content (AvgIpc) is 2.85. The number of tetrazole rings is 1. The van der Waals surface area contributed by atoms with Crippen molar-refractivity contribution in [3.63, 3.8) is 0 Å². The van der Waals surface area contributed by atoms with Gasteiger partial charge in [-0.05, 0) is 35.0 Å². The maximum absolute atomic E-state index is 13.2. The number of nitrogens with one attached hydrogen (secondary N) is 1. The topological polar surface area (TPSA) is 72.7 Å². The summed E-state index contributed by atoms with van der Waals surface area (Å²) in [4.78, 5) is 11.4. The van der Waals surface area contributed by atoms with Crippen molar-refractivity contribution in [1.29, 1.82) is 0 Å². The Labute approximate surface area is 109 Å². The molecule has 1 heterocycles. The Morgan fingerprint density at radius 3 is 3.05 bits per heavy atom. The van der Waals surface area contributed by atoms with Crippen LogP contribution in [0.5, 0.6) is 0 Å². The number of hydrogen-bond donors (Lipinski definition) is 1. The van der Waals surface area contributed by atoms with Crippen LogP contribution < -0.4 is 5.32 Å². The second kappa shape index (κ2) is 6.03. The molecular weight excluding hydrogens is 249 g/mol. The highest BCUT2D eigenvalue weighted by atomic mass is 19.1. The van der Waals surface area contributed by atoms with E-state index in [1.54, 1.807) is 12.1 Å². The molecule has 1 N–H and O–H groups in total. The molecule has 0 bridgehead atoms. The molecule has 2 aromatic rings. The Hall–Kier alpha value is -2.31. The number of rotatable bonds is 5. The third-order valence-corrected chi connectivity index (χ3v) is 2.51. The summed E-state index contributed by atoms with van der Waals surface area (Å²) in [7, 11) is 0. The summed E-state index contributed by atoms with van der Waals surface area (Å²) in [5.74, 6) is 0.0281. The highest BCUT2D eigenvalue weighted by molar-refractivity contribution is 5.75. The van der Waals surface area contributed by atoms with Gasteiger partial charge in [0.1, 0.15) is 5.82 Å².